The molecular formula is C15H19FN4S. The van der Waals surface area contributed by atoms with Gasteiger partial charge < -0.3 is 10.3 Å². The molecule has 1 atom stereocenters. The van der Waals surface area contributed by atoms with Crippen LogP contribution in [0.2, 0.25) is 0 Å². The molecule has 1 unspecified atom stereocenters. The van der Waals surface area contributed by atoms with Gasteiger partial charge in [0.2, 0.25) is 0 Å². The zero-order chi connectivity index (χ0) is 14.7. The highest BCUT2D eigenvalue weighted by atomic mass is 32.2. The fourth-order valence-electron chi connectivity index (χ4n) is 2.54. The predicted octanol–water partition coefficient (Wildman–Crippen LogP) is 2.94. The van der Waals surface area contributed by atoms with Gasteiger partial charge in [0, 0.05) is 24.8 Å². The number of benzene rings is 1. The van der Waals surface area contributed by atoms with E-state index in [0.717, 1.165) is 29.5 Å². The van der Waals surface area contributed by atoms with Crippen molar-refractivity contribution in [2.75, 3.05) is 5.75 Å². The van der Waals surface area contributed by atoms with Crippen molar-refractivity contribution >= 4 is 11.8 Å². The molecule has 4 nitrogen and oxygen atoms in total. The van der Waals surface area contributed by atoms with Gasteiger partial charge in [-0.2, -0.15) is 0 Å². The summed E-state index contributed by atoms with van der Waals surface area (Å²) in [4.78, 5) is 0. The van der Waals surface area contributed by atoms with Gasteiger partial charge >= 0.3 is 0 Å². The quantitative estimate of drug-likeness (QED) is 0.882. The van der Waals surface area contributed by atoms with Gasteiger partial charge in [-0.1, -0.05) is 30.3 Å². The Labute approximate surface area is 127 Å². The summed E-state index contributed by atoms with van der Waals surface area (Å²) in [5.74, 6) is 1.57. The minimum absolute atomic E-state index is 0.130. The summed E-state index contributed by atoms with van der Waals surface area (Å²) in [6.07, 6.45) is 4.64. The third-order valence-electron chi connectivity index (χ3n) is 3.77. The summed E-state index contributed by atoms with van der Waals surface area (Å²) in [5, 5.41) is 9.51. The zero-order valence-corrected chi connectivity index (χ0v) is 12.7. The fourth-order valence-corrected chi connectivity index (χ4v) is 3.51. The van der Waals surface area contributed by atoms with Crippen molar-refractivity contribution in [3.05, 3.63) is 41.5 Å². The fraction of sp³-hybridized carbons (Fsp3) is 0.467. The third-order valence-corrected chi connectivity index (χ3v) is 4.85. The molecule has 3 rings (SSSR count). The highest BCUT2D eigenvalue weighted by molar-refractivity contribution is 7.99. The largest absolute Gasteiger partial charge is 0.323 e. The molecule has 0 fully saturated rings. The van der Waals surface area contributed by atoms with E-state index in [9.17, 15) is 4.39 Å². The van der Waals surface area contributed by atoms with E-state index in [1.165, 1.54) is 31.4 Å². The molecule has 1 aromatic carbocycles. The number of aromatic nitrogens is 3. The summed E-state index contributed by atoms with van der Waals surface area (Å²) < 4.78 is 15.1. The summed E-state index contributed by atoms with van der Waals surface area (Å²) in [6.45, 7) is 0.996. The molecule has 2 N–H and O–H groups in total. The molecule has 0 aliphatic carbocycles. The van der Waals surface area contributed by atoms with Gasteiger partial charge in [0.15, 0.2) is 5.16 Å². The predicted molar refractivity (Wildman–Crippen MR) is 81.6 cm³/mol. The second kappa shape index (κ2) is 6.58. The maximum absolute atomic E-state index is 12.9. The van der Waals surface area contributed by atoms with E-state index in [-0.39, 0.29) is 11.9 Å². The number of hydrogen-bond acceptors (Lipinski definition) is 4. The summed E-state index contributed by atoms with van der Waals surface area (Å²) in [7, 11) is 0. The second-order valence-corrected chi connectivity index (χ2v) is 6.32. The Kier molecular flexibility index (Phi) is 4.55. The second-order valence-electron chi connectivity index (χ2n) is 5.33. The van der Waals surface area contributed by atoms with Crippen molar-refractivity contribution in [2.24, 2.45) is 5.73 Å². The Balaban J connectivity index is 1.65. The summed E-state index contributed by atoms with van der Waals surface area (Å²) in [5.41, 5.74) is 7.11. The first-order valence-corrected chi connectivity index (χ1v) is 8.28. The average molecular weight is 306 g/mol. The first-order valence-electron chi connectivity index (χ1n) is 7.30. The number of hydrogen-bond donors (Lipinski definition) is 1. The lowest BCUT2D eigenvalue weighted by Gasteiger charge is -2.12. The zero-order valence-electron chi connectivity index (χ0n) is 11.8. The van der Waals surface area contributed by atoms with Crippen molar-refractivity contribution in [2.45, 2.75) is 43.4 Å². The van der Waals surface area contributed by atoms with Gasteiger partial charge in [0.25, 0.3) is 0 Å². The van der Waals surface area contributed by atoms with Gasteiger partial charge in [-0.15, -0.1) is 10.2 Å². The normalized spacial score (nSPS) is 16.3. The highest BCUT2D eigenvalue weighted by Crippen LogP contribution is 2.25. The Hall–Kier alpha value is -1.40. The van der Waals surface area contributed by atoms with Crippen molar-refractivity contribution in [3.63, 3.8) is 0 Å². The number of rotatable bonds is 4. The minimum Gasteiger partial charge on any atom is -0.323 e. The van der Waals surface area contributed by atoms with Crippen molar-refractivity contribution in [1.29, 1.82) is 0 Å². The first-order chi connectivity index (χ1) is 10.2. The Morgan fingerprint density at radius 3 is 2.81 bits per heavy atom. The molecule has 0 spiro atoms. The van der Waals surface area contributed by atoms with Crippen LogP contribution in [0.4, 0.5) is 4.39 Å². The van der Waals surface area contributed by atoms with E-state index in [4.69, 9.17) is 5.73 Å². The van der Waals surface area contributed by atoms with Crippen LogP contribution in [-0.4, -0.2) is 20.5 Å². The molecule has 0 bridgehead atoms. The maximum atomic E-state index is 12.9. The number of aryl methyl sites for hydroxylation is 1. The average Bonchev–Trinajstić information content (AvgIpc) is 2.72. The highest BCUT2D eigenvalue weighted by Gasteiger charge is 2.16. The van der Waals surface area contributed by atoms with E-state index < -0.39 is 0 Å². The SMILES string of the molecule is NC(CSc1nnc2n1CCCCC2)c1ccc(F)cc1. The molecule has 0 saturated heterocycles. The first kappa shape index (κ1) is 14.5. The summed E-state index contributed by atoms with van der Waals surface area (Å²) in [6, 6.07) is 6.25. The van der Waals surface area contributed by atoms with Crippen molar-refractivity contribution in [3.8, 4) is 0 Å². The maximum Gasteiger partial charge on any atom is 0.191 e. The van der Waals surface area contributed by atoms with E-state index in [2.05, 4.69) is 14.8 Å². The molecule has 1 aromatic heterocycles. The lowest BCUT2D eigenvalue weighted by Crippen LogP contribution is -2.13. The van der Waals surface area contributed by atoms with E-state index in [1.807, 2.05) is 0 Å². The van der Waals surface area contributed by atoms with Crippen LogP contribution in [0.15, 0.2) is 29.4 Å². The standard InChI is InChI=1S/C15H19FN4S/c16-12-7-5-11(6-8-12)13(17)10-21-15-19-18-14-4-2-1-3-9-20(14)15/h5-8,13H,1-4,9-10,17H2. The monoisotopic (exact) mass is 306 g/mol. The number of halogens is 1. The molecule has 0 saturated carbocycles. The van der Waals surface area contributed by atoms with Gasteiger partial charge in [0.05, 0.1) is 0 Å². The van der Waals surface area contributed by atoms with Crippen LogP contribution in [-0.2, 0) is 13.0 Å². The molecule has 2 aromatic rings. The van der Waals surface area contributed by atoms with Crippen LogP contribution < -0.4 is 5.73 Å². The number of nitrogens with zero attached hydrogens (tertiary/aromatic N) is 3. The van der Waals surface area contributed by atoms with Crippen LogP contribution in [0.1, 0.15) is 36.7 Å². The smallest absolute Gasteiger partial charge is 0.191 e. The molecule has 6 heteroatoms. The lowest BCUT2D eigenvalue weighted by atomic mass is 10.1. The molecule has 0 radical (unpaired) electrons. The van der Waals surface area contributed by atoms with E-state index >= 15 is 0 Å². The third kappa shape index (κ3) is 3.44. The molecule has 2 heterocycles. The molecule has 112 valence electrons. The lowest BCUT2D eigenvalue weighted by molar-refractivity contribution is 0.590. The Bertz CT molecular complexity index is 596. The van der Waals surface area contributed by atoms with Crippen molar-refractivity contribution < 1.29 is 4.39 Å². The van der Waals surface area contributed by atoms with Crippen molar-refractivity contribution in [1.82, 2.24) is 14.8 Å². The molecule has 0 amide bonds. The van der Waals surface area contributed by atoms with Gasteiger partial charge in [-0.05, 0) is 30.5 Å². The van der Waals surface area contributed by atoms with E-state index in [1.54, 1.807) is 23.9 Å². The molecular weight excluding hydrogens is 287 g/mol. The number of fused-ring (bicyclic) bond motifs is 1. The topological polar surface area (TPSA) is 56.7 Å². The van der Waals surface area contributed by atoms with Crippen LogP contribution in [0.5, 0.6) is 0 Å². The van der Waals surface area contributed by atoms with Crippen LogP contribution in [0, 0.1) is 5.82 Å². The van der Waals surface area contributed by atoms with Gasteiger partial charge in [-0.25, -0.2) is 4.39 Å². The minimum atomic E-state index is -0.235. The van der Waals surface area contributed by atoms with Gasteiger partial charge in [-0.3, -0.25) is 0 Å². The summed E-state index contributed by atoms with van der Waals surface area (Å²) >= 11 is 1.63. The Morgan fingerprint density at radius 1 is 1.19 bits per heavy atom. The molecule has 1 aliphatic heterocycles. The van der Waals surface area contributed by atoms with Crippen LogP contribution >= 0.6 is 11.8 Å². The van der Waals surface area contributed by atoms with Crippen LogP contribution in [0.3, 0.4) is 0 Å². The van der Waals surface area contributed by atoms with Crippen LogP contribution in [0.25, 0.3) is 0 Å². The Morgan fingerprint density at radius 2 is 2.00 bits per heavy atom. The number of thioether (sulfide) groups is 1. The molecule has 21 heavy (non-hydrogen) atoms. The van der Waals surface area contributed by atoms with E-state index in [0.29, 0.717) is 5.75 Å². The molecule has 1 aliphatic rings. The van der Waals surface area contributed by atoms with Gasteiger partial charge in [0.1, 0.15) is 11.6 Å². The number of nitrogens with two attached hydrogens (primary N) is 1.